The van der Waals surface area contributed by atoms with Crippen molar-refractivity contribution >= 4 is 33.0 Å². The SMILES string of the molecule is CCCCC(CC)C(=O)c1sccc1Br. The lowest BCUT2D eigenvalue weighted by atomic mass is 9.94. The van der Waals surface area contributed by atoms with Crippen LogP contribution in [0.5, 0.6) is 0 Å². The Balaban J connectivity index is 2.69. The number of carbonyl (C=O) groups excluding carboxylic acids is 1. The highest BCUT2D eigenvalue weighted by Gasteiger charge is 2.20. The van der Waals surface area contributed by atoms with Crippen LogP contribution >= 0.6 is 27.3 Å². The molecule has 1 aromatic rings. The molecule has 0 radical (unpaired) electrons. The number of thiophene rings is 1. The van der Waals surface area contributed by atoms with Gasteiger partial charge in [0, 0.05) is 10.4 Å². The molecule has 0 amide bonds. The van der Waals surface area contributed by atoms with Gasteiger partial charge < -0.3 is 0 Å². The summed E-state index contributed by atoms with van der Waals surface area (Å²) in [6, 6.07) is 1.95. The second-order valence-corrected chi connectivity index (χ2v) is 5.48. The fourth-order valence-electron chi connectivity index (χ4n) is 1.63. The van der Waals surface area contributed by atoms with Crippen LogP contribution < -0.4 is 0 Å². The fourth-order valence-corrected chi connectivity index (χ4v) is 3.21. The summed E-state index contributed by atoms with van der Waals surface area (Å²) in [4.78, 5) is 13.0. The summed E-state index contributed by atoms with van der Waals surface area (Å²) in [7, 11) is 0. The maximum absolute atomic E-state index is 12.1. The molecule has 0 aliphatic heterocycles. The van der Waals surface area contributed by atoms with Crippen LogP contribution in [0.4, 0.5) is 0 Å². The minimum absolute atomic E-state index is 0.208. The van der Waals surface area contributed by atoms with Gasteiger partial charge in [0.1, 0.15) is 0 Å². The van der Waals surface area contributed by atoms with Crippen molar-refractivity contribution < 1.29 is 4.79 Å². The monoisotopic (exact) mass is 288 g/mol. The molecular formula is C12H17BrOS. The standard InChI is InChI=1S/C12H17BrOS/c1-3-5-6-9(4-2)11(14)12-10(13)7-8-15-12/h7-9H,3-6H2,1-2H3. The molecule has 0 saturated heterocycles. The largest absolute Gasteiger partial charge is 0.293 e. The first-order valence-electron chi connectivity index (χ1n) is 5.47. The second kappa shape index (κ2) is 6.44. The predicted molar refractivity (Wildman–Crippen MR) is 69.7 cm³/mol. The highest BCUT2D eigenvalue weighted by atomic mass is 79.9. The Bertz CT molecular complexity index is 319. The lowest BCUT2D eigenvalue weighted by Crippen LogP contribution is -2.13. The summed E-state index contributed by atoms with van der Waals surface area (Å²) in [5.41, 5.74) is 0. The van der Waals surface area contributed by atoms with Gasteiger partial charge in [-0.05, 0) is 40.2 Å². The Morgan fingerprint density at radius 3 is 2.73 bits per heavy atom. The van der Waals surface area contributed by atoms with Crippen molar-refractivity contribution in [1.29, 1.82) is 0 Å². The number of hydrogen-bond acceptors (Lipinski definition) is 2. The Morgan fingerprint density at radius 1 is 1.53 bits per heavy atom. The number of unbranched alkanes of at least 4 members (excludes halogenated alkanes) is 1. The zero-order chi connectivity index (χ0) is 11.3. The summed E-state index contributed by atoms with van der Waals surface area (Å²) >= 11 is 4.96. The van der Waals surface area contributed by atoms with Crippen molar-refractivity contribution in [3.8, 4) is 0 Å². The van der Waals surface area contributed by atoms with Gasteiger partial charge in [-0.2, -0.15) is 0 Å². The second-order valence-electron chi connectivity index (χ2n) is 3.71. The third-order valence-electron chi connectivity index (χ3n) is 2.61. The number of halogens is 1. The lowest BCUT2D eigenvalue weighted by molar-refractivity contribution is 0.0911. The van der Waals surface area contributed by atoms with E-state index in [1.54, 1.807) is 0 Å². The molecule has 15 heavy (non-hydrogen) atoms. The molecule has 3 heteroatoms. The molecule has 0 spiro atoms. The summed E-state index contributed by atoms with van der Waals surface area (Å²) in [6.45, 7) is 4.26. The molecule has 1 heterocycles. The zero-order valence-electron chi connectivity index (χ0n) is 9.25. The van der Waals surface area contributed by atoms with Crippen LogP contribution in [0, 0.1) is 5.92 Å². The van der Waals surface area contributed by atoms with E-state index in [0.717, 1.165) is 35.0 Å². The third kappa shape index (κ3) is 3.42. The molecule has 1 nitrogen and oxygen atoms in total. The number of Topliss-reactive ketones (excluding diaryl/α,β-unsaturated/α-hetero) is 1. The van der Waals surface area contributed by atoms with Crippen LogP contribution in [-0.2, 0) is 0 Å². The minimum atomic E-state index is 0.208. The van der Waals surface area contributed by atoms with Gasteiger partial charge >= 0.3 is 0 Å². The van der Waals surface area contributed by atoms with Gasteiger partial charge in [0.05, 0.1) is 4.88 Å². The van der Waals surface area contributed by atoms with Gasteiger partial charge in [-0.3, -0.25) is 4.79 Å². The first-order valence-corrected chi connectivity index (χ1v) is 7.15. The van der Waals surface area contributed by atoms with Crippen molar-refractivity contribution in [2.45, 2.75) is 39.5 Å². The van der Waals surface area contributed by atoms with E-state index in [1.165, 1.54) is 11.3 Å². The molecular weight excluding hydrogens is 272 g/mol. The molecule has 1 unspecified atom stereocenters. The van der Waals surface area contributed by atoms with Crippen LogP contribution in [0.15, 0.2) is 15.9 Å². The quantitative estimate of drug-likeness (QED) is 0.680. The van der Waals surface area contributed by atoms with Crippen molar-refractivity contribution in [3.05, 3.63) is 20.8 Å². The smallest absolute Gasteiger partial charge is 0.176 e. The van der Waals surface area contributed by atoms with Crippen molar-refractivity contribution in [2.24, 2.45) is 5.92 Å². The van der Waals surface area contributed by atoms with Crippen molar-refractivity contribution in [1.82, 2.24) is 0 Å². The summed E-state index contributed by atoms with van der Waals surface area (Å²) in [6.07, 6.45) is 4.28. The van der Waals surface area contributed by atoms with Crippen LogP contribution in [0.2, 0.25) is 0 Å². The van der Waals surface area contributed by atoms with E-state index in [2.05, 4.69) is 29.8 Å². The Labute approximate surface area is 104 Å². The molecule has 0 aromatic carbocycles. The molecule has 0 N–H and O–H groups in total. The van der Waals surface area contributed by atoms with Gasteiger partial charge in [0.15, 0.2) is 5.78 Å². The van der Waals surface area contributed by atoms with Gasteiger partial charge in [-0.15, -0.1) is 11.3 Å². The van der Waals surface area contributed by atoms with Crippen LogP contribution in [0.1, 0.15) is 49.2 Å². The molecule has 0 aliphatic carbocycles. The van der Waals surface area contributed by atoms with E-state index in [4.69, 9.17) is 0 Å². The first-order chi connectivity index (χ1) is 7.20. The van der Waals surface area contributed by atoms with Gasteiger partial charge in [0.2, 0.25) is 0 Å². The average Bonchev–Trinajstić information content (AvgIpc) is 2.65. The normalized spacial score (nSPS) is 12.7. The third-order valence-corrected chi connectivity index (χ3v) is 4.46. The Kier molecular flexibility index (Phi) is 5.54. The molecule has 1 rings (SSSR count). The Morgan fingerprint density at radius 2 is 2.27 bits per heavy atom. The molecule has 0 saturated carbocycles. The predicted octanol–water partition coefficient (Wildman–Crippen LogP) is 4.91. The number of ketones is 1. The first kappa shape index (κ1) is 12.9. The summed E-state index contributed by atoms with van der Waals surface area (Å²) in [5, 5.41) is 1.96. The fraction of sp³-hybridized carbons (Fsp3) is 0.583. The average molecular weight is 289 g/mol. The molecule has 1 aromatic heterocycles. The van der Waals surface area contributed by atoms with Crippen LogP contribution in [0.3, 0.4) is 0 Å². The van der Waals surface area contributed by atoms with E-state index < -0.39 is 0 Å². The number of hydrogen-bond donors (Lipinski definition) is 0. The molecule has 0 aliphatic rings. The maximum atomic E-state index is 12.1. The van der Waals surface area contributed by atoms with E-state index >= 15 is 0 Å². The maximum Gasteiger partial charge on any atom is 0.176 e. The molecule has 0 fully saturated rings. The van der Waals surface area contributed by atoms with Gasteiger partial charge in [-0.25, -0.2) is 0 Å². The molecule has 1 atom stereocenters. The van der Waals surface area contributed by atoms with E-state index in [-0.39, 0.29) is 5.92 Å². The van der Waals surface area contributed by atoms with Crippen LogP contribution in [0.25, 0.3) is 0 Å². The zero-order valence-corrected chi connectivity index (χ0v) is 11.7. The van der Waals surface area contributed by atoms with Gasteiger partial charge in [-0.1, -0.05) is 26.7 Å². The Hall–Kier alpha value is -0.150. The van der Waals surface area contributed by atoms with E-state index in [0.29, 0.717) is 5.78 Å². The van der Waals surface area contributed by atoms with Crippen molar-refractivity contribution in [3.63, 3.8) is 0 Å². The summed E-state index contributed by atoms with van der Waals surface area (Å²) in [5.74, 6) is 0.521. The van der Waals surface area contributed by atoms with Crippen molar-refractivity contribution in [2.75, 3.05) is 0 Å². The van der Waals surface area contributed by atoms with E-state index in [9.17, 15) is 4.79 Å². The number of rotatable bonds is 6. The molecule has 0 bridgehead atoms. The van der Waals surface area contributed by atoms with Crippen LogP contribution in [-0.4, -0.2) is 5.78 Å². The minimum Gasteiger partial charge on any atom is -0.293 e. The lowest BCUT2D eigenvalue weighted by Gasteiger charge is -2.12. The van der Waals surface area contributed by atoms with Gasteiger partial charge in [0.25, 0.3) is 0 Å². The highest BCUT2D eigenvalue weighted by Crippen LogP contribution is 2.28. The summed E-state index contributed by atoms with van der Waals surface area (Å²) < 4.78 is 0.951. The highest BCUT2D eigenvalue weighted by molar-refractivity contribution is 9.10. The topological polar surface area (TPSA) is 17.1 Å². The number of carbonyl (C=O) groups is 1. The molecule has 84 valence electrons. The van der Waals surface area contributed by atoms with E-state index in [1.807, 2.05) is 11.4 Å².